The SMILES string of the molecule is CCOC(=O)c1sc(N(Cc2ccccc2)C(=O)COC(=O)COc2ccccc2OC)nc1C. The third-order valence-electron chi connectivity index (χ3n) is 4.73. The number of para-hydroxylation sites is 2. The van der Waals surface area contributed by atoms with E-state index in [4.69, 9.17) is 18.9 Å². The van der Waals surface area contributed by atoms with Gasteiger partial charge in [0, 0.05) is 0 Å². The van der Waals surface area contributed by atoms with Crippen LogP contribution in [0.1, 0.15) is 27.9 Å². The molecule has 1 aromatic heterocycles. The van der Waals surface area contributed by atoms with Gasteiger partial charge < -0.3 is 18.9 Å². The molecule has 0 N–H and O–H groups in total. The molecule has 0 unspecified atom stereocenters. The molecule has 0 spiro atoms. The molecule has 2 aromatic carbocycles. The number of nitrogens with zero attached hydrogens (tertiary/aromatic N) is 2. The number of thiazole rings is 1. The third-order valence-corrected chi connectivity index (χ3v) is 5.89. The Balaban J connectivity index is 1.69. The van der Waals surface area contributed by atoms with Gasteiger partial charge in [0.25, 0.3) is 5.91 Å². The highest BCUT2D eigenvalue weighted by atomic mass is 32.1. The fourth-order valence-corrected chi connectivity index (χ4v) is 4.03. The van der Waals surface area contributed by atoms with Gasteiger partial charge in [-0.15, -0.1) is 0 Å². The Labute approximate surface area is 207 Å². The molecule has 0 radical (unpaired) electrons. The van der Waals surface area contributed by atoms with E-state index in [9.17, 15) is 14.4 Å². The standard InChI is InChI=1S/C25H26N2O7S/c1-4-32-24(30)23-17(2)26-25(35-23)27(14-18-10-6-5-7-11-18)21(28)15-34-22(29)16-33-20-13-9-8-12-19(20)31-3/h5-13H,4,14-16H2,1-3H3. The van der Waals surface area contributed by atoms with Crippen LogP contribution >= 0.6 is 11.3 Å². The van der Waals surface area contributed by atoms with E-state index in [-0.39, 0.29) is 13.2 Å². The van der Waals surface area contributed by atoms with Gasteiger partial charge in [-0.1, -0.05) is 53.8 Å². The second-order valence-electron chi connectivity index (χ2n) is 7.20. The summed E-state index contributed by atoms with van der Waals surface area (Å²) in [7, 11) is 1.49. The van der Waals surface area contributed by atoms with Crippen LogP contribution in [0.2, 0.25) is 0 Å². The van der Waals surface area contributed by atoms with Crippen molar-refractivity contribution in [2.24, 2.45) is 0 Å². The van der Waals surface area contributed by atoms with Crippen LogP contribution in [0.15, 0.2) is 54.6 Å². The zero-order valence-electron chi connectivity index (χ0n) is 19.7. The van der Waals surface area contributed by atoms with E-state index in [0.717, 1.165) is 16.9 Å². The van der Waals surface area contributed by atoms with Crippen molar-refractivity contribution in [2.75, 3.05) is 31.8 Å². The summed E-state index contributed by atoms with van der Waals surface area (Å²) in [5, 5.41) is 0.306. The van der Waals surface area contributed by atoms with E-state index in [0.29, 0.717) is 27.2 Å². The number of methoxy groups -OCH3 is 1. The number of hydrogen-bond acceptors (Lipinski definition) is 9. The number of benzene rings is 2. The fraction of sp³-hybridized carbons (Fsp3) is 0.280. The summed E-state index contributed by atoms with van der Waals surface area (Å²) in [6, 6.07) is 16.2. The number of ether oxygens (including phenoxy) is 4. The number of hydrogen-bond donors (Lipinski definition) is 0. The van der Waals surface area contributed by atoms with Gasteiger partial charge in [0.1, 0.15) is 4.88 Å². The van der Waals surface area contributed by atoms with Crippen LogP contribution in [0.25, 0.3) is 0 Å². The van der Waals surface area contributed by atoms with Crippen LogP contribution in [-0.2, 0) is 25.6 Å². The smallest absolute Gasteiger partial charge is 0.350 e. The van der Waals surface area contributed by atoms with E-state index in [2.05, 4.69) is 4.98 Å². The second kappa shape index (κ2) is 12.5. The van der Waals surface area contributed by atoms with Crippen molar-refractivity contribution in [1.82, 2.24) is 4.98 Å². The Morgan fingerprint density at radius 3 is 2.31 bits per heavy atom. The van der Waals surface area contributed by atoms with Gasteiger partial charge >= 0.3 is 11.9 Å². The first-order valence-corrected chi connectivity index (χ1v) is 11.6. The van der Waals surface area contributed by atoms with Crippen LogP contribution in [0.4, 0.5) is 5.13 Å². The topological polar surface area (TPSA) is 104 Å². The summed E-state index contributed by atoms with van der Waals surface area (Å²) in [4.78, 5) is 43.6. The van der Waals surface area contributed by atoms with Crippen molar-refractivity contribution in [1.29, 1.82) is 0 Å². The van der Waals surface area contributed by atoms with Crippen molar-refractivity contribution in [3.05, 3.63) is 70.7 Å². The van der Waals surface area contributed by atoms with Crippen LogP contribution in [0, 0.1) is 6.92 Å². The van der Waals surface area contributed by atoms with Crippen molar-refractivity contribution in [3.63, 3.8) is 0 Å². The van der Waals surface area contributed by atoms with Crippen LogP contribution in [0.5, 0.6) is 11.5 Å². The molecule has 0 aliphatic rings. The highest BCUT2D eigenvalue weighted by molar-refractivity contribution is 7.17. The van der Waals surface area contributed by atoms with Gasteiger partial charge in [-0.3, -0.25) is 9.69 Å². The van der Waals surface area contributed by atoms with Crippen molar-refractivity contribution in [2.45, 2.75) is 20.4 Å². The van der Waals surface area contributed by atoms with E-state index in [1.54, 1.807) is 38.1 Å². The molecule has 0 atom stereocenters. The fourth-order valence-electron chi connectivity index (χ4n) is 3.05. The molecule has 0 saturated heterocycles. The molecule has 184 valence electrons. The molecule has 10 heteroatoms. The average Bonchev–Trinajstić information content (AvgIpc) is 3.26. The van der Waals surface area contributed by atoms with E-state index in [1.807, 2.05) is 30.3 Å². The molecule has 0 bridgehead atoms. The number of anilines is 1. The molecule has 1 heterocycles. The number of aryl methyl sites for hydroxylation is 1. The lowest BCUT2D eigenvalue weighted by Crippen LogP contribution is -2.34. The Kier molecular flexibility index (Phi) is 9.19. The minimum absolute atomic E-state index is 0.185. The third kappa shape index (κ3) is 7.03. The van der Waals surface area contributed by atoms with E-state index >= 15 is 0 Å². The molecule has 0 aliphatic carbocycles. The number of amides is 1. The molecule has 3 aromatic rings. The summed E-state index contributed by atoms with van der Waals surface area (Å²) < 4.78 is 20.9. The Morgan fingerprint density at radius 2 is 1.63 bits per heavy atom. The van der Waals surface area contributed by atoms with Gasteiger partial charge in [0.05, 0.1) is 26.0 Å². The lowest BCUT2D eigenvalue weighted by Gasteiger charge is -2.20. The number of carbonyl (C=O) groups is 3. The Hall–Kier alpha value is -3.92. The minimum atomic E-state index is -0.716. The van der Waals surface area contributed by atoms with Crippen molar-refractivity contribution in [3.8, 4) is 11.5 Å². The first-order valence-electron chi connectivity index (χ1n) is 10.8. The quantitative estimate of drug-likeness (QED) is 0.368. The molecule has 9 nitrogen and oxygen atoms in total. The Morgan fingerprint density at radius 1 is 0.943 bits per heavy atom. The maximum atomic E-state index is 13.1. The van der Waals surface area contributed by atoms with Gasteiger partial charge in [-0.2, -0.15) is 0 Å². The van der Waals surface area contributed by atoms with Gasteiger partial charge in [0.15, 0.2) is 29.8 Å². The Bertz CT molecular complexity index is 1160. The number of aromatic nitrogens is 1. The predicted octanol–water partition coefficient (Wildman–Crippen LogP) is 3.79. The molecular weight excluding hydrogens is 472 g/mol. The van der Waals surface area contributed by atoms with E-state index < -0.39 is 31.1 Å². The van der Waals surface area contributed by atoms with Crippen LogP contribution < -0.4 is 14.4 Å². The molecule has 1 amide bonds. The summed E-state index contributed by atoms with van der Waals surface area (Å²) >= 11 is 1.05. The first kappa shape index (κ1) is 25.7. The van der Waals surface area contributed by atoms with Crippen LogP contribution in [-0.4, -0.2) is 49.8 Å². The summed E-state index contributed by atoms with van der Waals surface area (Å²) in [5.74, 6) is -0.855. The van der Waals surface area contributed by atoms with Crippen LogP contribution in [0.3, 0.4) is 0 Å². The second-order valence-corrected chi connectivity index (χ2v) is 8.17. The largest absolute Gasteiger partial charge is 0.493 e. The predicted molar refractivity (Wildman–Crippen MR) is 130 cm³/mol. The lowest BCUT2D eigenvalue weighted by atomic mass is 10.2. The number of esters is 2. The molecule has 0 fully saturated rings. The highest BCUT2D eigenvalue weighted by Crippen LogP contribution is 2.28. The molecule has 35 heavy (non-hydrogen) atoms. The monoisotopic (exact) mass is 498 g/mol. The first-order chi connectivity index (χ1) is 16.9. The zero-order valence-corrected chi connectivity index (χ0v) is 20.5. The summed E-state index contributed by atoms with van der Waals surface area (Å²) in [6.07, 6.45) is 0. The molecule has 0 saturated carbocycles. The normalized spacial score (nSPS) is 10.4. The van der Waals surface area contributed by atoms with E-state index in [1.165, 1.54) is 12.0 Å². The zero-order chi connectivity index (χ0) is 25.2. The summed E-state index contributed by atoms with van der Waals surface area (Å²) in [5.41, 5.74) is 1.30. The van der Waals surface area contributed by atoms with Gasteiger partial charge in [0.2, 0.25) is 0 Å². The minimum Gasteiger partial charge on any atom is -0.493 e. The average molecular weight is 499 g/mol. The lowest BCUT2D eigenvalue weighted by molar-refractivity contribution is -0.149. The molecule has 3 rings (SSSR count). The number of rotatable bonds is 11. The van der Waals surface area contributed by atoms with Gasteiger partial charge in [-0.05, 0) is 31.5 Å². The summed E-state index contributed by atoms with van der Waals surface area (Å²) in [6.45, 7) is 2.89. The maximum absolute atomic E-state index is 13.1. The van der Waals surface area contributed by atoms with Gasteiger partial charge in [-0.25, -0.2) is 14.6 Å². The molecular formula is C25H26N2O7S. The van der Waals surface area contributed by atoms with Crippen molar-refractivity contribution < 1.29 is 33.3 Å². The maximum Gasteiger partial charge on any atom is 0.350 e. The molecule has 0 aliphatic heterocycles. The van der Waals surface area contributed by atoms with Crippen molar-refractivity contribution >= 4 is 34.3 Å². The number of carbonyl (C=O) groups excluding carboxylic acids is 3. The highest BCUT2D eigenvalue weighted by Gasteiger charge is 2.25.